The number of hydrogen-bond acceptors (Lipinski definition) is 5. The zero-order chi connectivity index (χ0) is 17.6. The molecule has 3 rings (SSSR count). The molecule has 2 aliphatic heterocycles. The Balaban J connectivity index is 1.62. The van der Waals surface area contributed by atoms with Crippen LogP contribution in [0.1, 0.15) is 5.56 Å². The molecule has 1 aromatic rings. The summed E-state index contributed by atoms with van der Waals surface area (Å²) in [7, 11) is 0. The summed E-state index contributed by atoms with van der Waals surface area (Å²) >= 11 is 6.49. The van der Waals surface area contributed by atoms with Crippen molar-refractivity contribution in [1.82, 2.24) is 9.80 Å². The van der Waals surface area contributed by atoms with Gasteiger partial charge in [0, 0.05) is 13.1 Å². The number of ether oxygens (including phenoxy) is 1. The Bertz CT molecular complexity index is 725. The van der Waals surface area contributed by atoms with Crippen molar-refractivity contribution >= 4 is 46.2 Å². The molecule has 0 atom stereocenters. The smallest absolute Gasteiger partial charge is 0.266 e. The normalized spacial score (nSPS) is 20.1. The van der Waals surface area contributed by atoms with E-state index in [-0.39, 0.29) is 18.4 Å². The topological polar surface area (TPSA) is 49.9 Å². The van der Waals surface area contributed by atoms with Crippen molar-refractivity contribution in [2.24, 2.45) is 0 Å². The summed E-state index contributed by atoms with van der Waals surface area (Å²) in [5, 5.41) is 0. The van der Waals surface area contributed by atoms with Crippen LogP contribution in [0.2, 0.25) is 0 Å². The van der Waals surface area contributed by atoms with Crippen LogP contribution in [0.3, 0.4) is 0 Å². The van der Waals surface area contributed by atoms with Gasteiger partial charge in [-0.3, -0.25) is 14.5 Å². The molecule has 0 unspecified atom stereocenters. The first kappa shape index (κ1) is 17.8. The summed E-state index contributed by atoms with van der Waals surface area (Å²) < 4.78 is 5.66. The number of benzene rings is 1. The molecule has 2 aliphatic rings. The lowest BCUT2D eigenvalue weighted by molar-refractivity contribution is -0.138. The van der Waals surface area contributed by atoms with Gasteiger partial charge in [-0.05, 0) is 11.6 Å². The van der Waals surface area contributed by atoms with E-state index in [2.05, 4.69) is 0 Å². The maximum Gasteiger partial charge on any atom is 0.266 e. The van der Waals surface area contributed by atoms with Gasteiger partial charge >= 0.3 is 0 Å². The van der Waals surface area contributed by atoms with Crippen molar-refractivity contribution < 1.29 is 14.3 Å². The van der Waals surface area contributed by atoms with Crippen LogP contribution >= 0.6 is 24.0 Å². The first-order valence-electron chi connectivity index (χ1n) is 7.98. The second-order valence-electron chi connectivity index (χ2n) is 5.55. The van der Waals surface area contributed by atoms with Gasteiger partial charge in [-0.2, -0.15) is 0 Å². The van der Waals surface area contributed by atoms with Gasteiger partial charge in [-0.25, -0.2) is 0 Å². The molecular weight excluding hydrogens is 356 g/mol. The lowest BCUT2D eigenvalue weighted by Crippen LogP contribution is -2.46. The molecule has 0 spiro atoms. The summed E-state index contributed by atoms with van der Waals surface area (Å²) in [5.74, 6) is -0.310. The number of thiocarbonyl (C=S) groups is 1. The number of amides is 2. The average molecular weight is 374 g/mol. The fourth-order valence-electron chi connectivity index (χ4n) is 2.51. The Hall–Kier alpha value is -1.96. The number of carbonyl (C=O) groups excluding carboxylic acids is 2. The maximum absolute atomic E-state index is 12.5. The molecule has 0 radical (unpaired) electrons. The van der Waals surface area contributed by atoms with Crippen molar-refractivity contribution in [3.05, 3.63) is 53.0 Å². The van der Waals surface area contributed by atoms with Gasteiger partial charge in [0.05, 0.1) is 18.1 Å². The van der Waals surface area contributed by atoms with Gasteiger partial charge < -0.3 is 9.64 Å². The number of rotatable bonds is 4. The van der Waals surface area contributed by atoms with E-state index in [9.17, 15) is 9.59 Å². The van der Waals surface area contributed by atoms with E-state index in [1.54, 1.807) is 11.0 Å². The number of thioether (sulfide) groups is 1. The van der Waals surface area contributed by atoms with Crippen molar-refractivity contribution in [3.63, 3.8) is 0 Å². The molecule has 2 heterocycles. The fraction of sp³-hybridized carbons (Fsp3) is 0.278. The van der Waals surface area contributed by atoms with Crippen molar-refractivity contribution in [2.75, 3.05) is 32.8 Å². The Morgan fingerprint density at radius 3 is 2.68 bits per heavy atom. The summed E-state index contributed by atoms with van der Waals surface area (Å²) in [5.41, 5.74) is 1.05. The minimum absolute atomic E-state index is 0.00952. The monoisotopic (exact) mass is 374 g/mol. The second kappa shape index (κ2) is 8.42. The minimum atomic E-state index is -0.214. The van der Waals surface area contributed by atoms with Crippen molar-refractivity contribution in [3.8, 4) is 0 Å². The molecule has 25 heavy (non-hydrogen) atoms. The standard InChI is InChI=1S/C18H18N2O3S2/c21-16(19-9-11-23-12-10-19)13-20-17(22)15(25-18(20)24)8-4-7-14-5-2-1-3-6-14/h1-8H,9-13H2/b7-4+,15-8-. The zero-order valence-corrected chi connectivity index (χ0v) is 15.2. The van der Waals surface area contributed by atoms with Gasteiger partial charge in [0.2, 0.25) is 5.91 Å². The molecule has 2 amide bonds. The van der Waals surface area contributed by atoms with E-state index in [0.29, 0.717) is 35.5 Å². The van der Waals surface area contributed by atoms with Gasteiger partial charge in [-0.15, -0.1) is 0 Å². The first-order valence-corrected chi connectivity index (χ1v) is 9.20. The summed E-state index contributed by atoms with van der Waals surface area (Å²) in [6.45, 7) is 2.18. The second-order valence-corrected chi connectivity index (χ2v) is 7.23. The number of nitrogens with zero attached hydrogens (tertiary/aromatic N) is 2. The molecule has 130 valence electrons. The van der Waals surface area contributed by atoms with Crippen LogP contribution in [0.25, 0.3) is 6.08 Å². The summed E-state index contributed by atoms with van der Waals surface area (Å²) in [6.07, 6.45) is 5.49. The van der Waals surface area contributed by atoms with E-state index in [4.69, 9.17) is 17.0 Å². The van der Waals surface area contributed by atoms with E-state index < -0.39 is 0 Å². The van der Waals surface area contributed by atoms with E-state index in [1.165, 1.54) is 16.7 Å². The third kappa shape index (κ3) is 4.56. The molecular formula is C18H18N2O3S2. The highest BCUT2D eigenvalue weighted by Crippen LogP contribution is 2.31. The minimum Gasteiger partial charge on any atom is -0.378 e. The van der Waals surface area contributed by atoms with Gasteiger partial charge in [0.15, 0.2) is 0 Å². The SMILES string of the molecule is O=C(CN1C(=O)/C(=C/C=C/c2ccccc2)SC1=S)N1CCOCC1. The fourth-order valence-corrected chi connectivity index (χ4v) is 3.72. The van der Waals surface area contributed by atoms with Crippen molar-refractivity contribution in [2.45, 2.75) is 0 Å². The van der Waals surface area contributed by atoms with Gasteiger partial charge in [-0.1, -0.05) is 66.5 Å². The third-order valence-corrected chi connectivity index (χ3v) is 5.26. The molecule has 0 saturated carbocycles. The first-order chi connectivity index (χ1) is 12.1. The third-order valence-electron chi connectivity index (χ3n) is 3.87. The summed E-state index contributed by atoms with van der Waals surface area (Å²) in [4.78, 5) is 28.4. The molecule has 0 aliphatic carbocycles. The van der Waals surface area contributed by atoms with E-state index in [1.807, 2.05) is 42.5 Å². The highest BCUT2D eigenvalue weighted by molar-refractivity contribution is 8.26. The van der Waals surface area contributed by atoms with Crippen LogP contribution in [0.15, 0.2) is 47.4 Å². The van der Waals surface area contributed by atoms with Crippen LogP contribution in [-0.4, -0.2) is 58.8 Å². The summed E-state index contributed by atoms with van der Waals surface area (Å²) in [6, 6.07) is 9.83. The predicted octanol–water partition coefficient (Wildman–Crippen LogP) is 2.30. The van der Waals surface area contributed by atoms with E-state index >= 15 is 0 Å². The molecule has 0 bridgehead atoms. The van der Waals surface area contributed by atoms with Crippen LogP contribution in [0, 0.1) is 0 Å². The molecule has 2 saturated heterocycles. The molecule has 1 aromatic carbocycles. The zero-order valence-electron chi connectivity index (χ0n) is 13.6. The highest BCUT2D eigenvalue weighted by Gasteiger charge is 2.34. The average Bonchev–Trinajstić information content (AvgIpc) is 2.91. The molecule has 5 nitrogen and oxygen atoms in total. The number of hydrogen-bond donors (Lipinski definition) is 0. The largest absolute Gasteiger partial charge is 0.378 e. The molecule has 0 N–H and O–H groups in total. The Labute approximate surface area is 156 Å². The Morgan fingerprint density at radius 2 is 1.96 bits per heavy atom. The van der Waals surface area contributed by atoms with Gasteiger partial charge in [0.25, 0.3) is 5.91 Å². The quantitative estimate of drug-likeness (QED) is 0.598. The van der Waals surface area contributed by atoms with Gasteiger partial charge in [0.1, 0.15) is 10.9 Å². The lowest BCUT2D eigenvalue weighted by atomic mass is 10.2. The maximum atomic E-state index is 12.5. The van der Waals surface area contributed by atoms with Crippen LogP contribution in [-0.2, 0) is 14.3 Å². The lowest BCUT2D eigenvalue weighted by Gasteiger charge is -2.28. The van der Waals surface area contributed by atoms with E-state index in [0.717, 1.165) is 5.56 Å². The molecule has 7 heteroatoms. The van der Waals surface area contributed by atoms with Crippen molar-refractivity contribution in [1.29, 1.82) is 0 Å². The molecule has 0 aromatic heterocycles. The number of allylic oxidation sites excluding steroid dienone is 2. The Kier molecular flexibility index (Phi) is 6.01. The van der Waals surface area contributed by atoms with Crippen LogP contribution in [0.4, 0.5) is 0 Å². The number of morpholine rings is 1. The predicted molar refractivity (Wildman–Crippen MR) is 103 cm³/mol. The molecule has 2 fully saturated rings. The van der Waals surface area contributed by atoms with Crippen LogP contribution in [0.5, 0.6) is 0 Å². The number of carbonyl (C=O) groups is 2. The Morgan fingerprint density at radius 1 is 1.24 bits per heavy atom. The highest BCUT2D eigenvalue weighted by atomic mass is 32.2. The van der Waals surface area contributed by atoms with Crippen LogP contribution < -0.4 is 0 Å².